The first-order valence-electron chi connectivity index (χ1n) is 7.09. The highest BCUT2D eigenvalue weighted by atomic mass is 19.1. The predicted octanol–water partition coefficient (Wildman–Crippen LogP) is 3.72. The number of nitrogens with zero attached hydrogens (tertiary/aromatic N) is 1. The molecule has 1 saturated heterocycles. The SMILES string of the molecule is C[C@H](N)c1c(F)cccc1N1CCC(C(C)(C)C)C1. The van der Waals surface area contributed by atoms with Crippen molar-refractivity contribution in [2.45, 2.75) is 40.2 Å². The maximum atomic E-state index is 14.0. The van der Waals surface area contributed by atoms with Crippen LogP contribution >= 0.6 is 0 Å². The highest BCUT2D eigenvalue weighted by molar-refractivity contribution is 5.56. The van der Waals surface area contributed by atoms with Gasteiger partial charge >= 0.3 is 0 Å². The molecular formula is C16H25FN2. The Morgan fingerprint density at radius 3 is 2.58 bits per heavy atom. The van der Waals surface area contributed by atoms with Gasteiger partial charge in [-0.05, 0) is 36.8 Å². The van der Waals surface area contributed by atoms with Gasteiger partial charge in [0.05, 0.1) is 0 Å². The molecule has 0 amide bonds. The standard InChI is InChI=1S/C16H25FN2/c1-11(18)15-13(17)6-5-7-14(15)19-9-8-12(10-19)16(2,3)4/h5-7,11-12H,8-10,18H2,1-4H3/t11-,12?/m0/s1. The van der Waals surface area contributed by atoms with Crippen molar-refractivity contribution in [1.29, 1.82) is 0 Å². The van der Waals surface area contributed by atoms with Crippen LogP contribution in [-0.2, 0) is 0 Å². The lowest BCUT2D eigenvalue weighted by atomic mass is 9.80. The van der Waals surface area contributed by atoms with E-state index in [0.717, 1.165) is 18.8 Å². The van der Waals surface area contributed by atoms with Gasteiger partial charge in [0.2, 0.25) is 0 Å². The van der Waals surface area contributed by atoms with Crippen molar-refractivity contribution in [3.05, 3.63) is 29.6 Å². The van der Waals surface area contributed by atoms with E-state index in [1.807, 2.05) is 13.0 Å². The Hall–Kier alpha value is -1.09. The third kappa shape index (κ3) is 2.92. The van der Waals surface area contributed by atoms with E-state index in [1.165, 1.54) is 12.5 Å². The average Bonchev–Trinajstić information content (AvgIpc) is 2.76. The zero-order chi connectivity index (χ0) is 14.2. The van der Waals surface area contributed by atoms with Crippen LogP contribution < -0.4 is 10.6 Å². The molecule has 1 aliphatic rings. The van der Waals surface area contributed by atoms with Crippen molar-refractivity contribution in [3.8, 4) is 0 Å². The van der Waals surface area contributed by atoms with Crippen LogP contribution in [0.3, 0.4) is 0 Å². The molecule has 1 fully saturated rings. The molecular weight excluding hydrogens is 239 g/mol. The Bertz CT molecular complexity index is 449. The molecule has 0 spiro atoms. The number of hydrogen-bond donors (Lipinski definition) is 1. The Morgan fingerprint density at radius 2 is 2.05 bits per heavy atom. The molecule has 2 nitrogen and oxygen atoms in total. The Morgan fingerprint density at radius 1 is 1.37 bits per heavy atom. The van der Waals surface area contributed by atoms with Crippen molar-refractivity contribution in [3.63, 3.8) is 0 Å². The highest BCUT2D eigenvalue weighted by Gasteiger charge is 2.33. The smallest absolute Gasteiger partial charge is 0.130 e. The minimum Gasteiger partial charge on any atom is -0.371 e. The largest absolute Gasteiger partial charge is 0.371 e. The van der Waals surface area contributed by atoms with Crippen LogP contribution in [0.4, 0.5) is 10.1 Å². The zero-order valence-electron chi connectivity index (χ0n) is 12.4. The van der Waals surface area contributed by atoms with Crippen LogP contribution in [0.15, 0.2) is 18.2 Å². The quantitative estimate of drug-likeness (QED) is 0.882. The number of benzene rings is 1. The van der Waals surface area contributed by atoms with Gasteiger partial charge in [0, 0.05) is 30.4 Å². The van der Waals surface area contributed by atoms with E-state index in [-0.39, 0.29) is 11.9 Å². The lowest BCUT2D eigenvalue weighted by Gasteiger charge is -2.28. The summed E-state index contributed by atoms with van der Waals surface area (Å²) >= 11 is 0. The molecule has 0 radical (unpaired) electrons. The molecule has 0 saturated carbocycles. The summed E-state index contributed by atoms with van der Waals surface area (Å²) in [6.07, 6.45) is 1.17. The second kappa shape index (κ2) is 5.12. The average molecular weight is 264 g/mol. The first kappa shape index (κ1) is 14.3. The minimum atomic E-state index is -0.273. The Balaban J connectivity index is 2.27. The number of halogens is 1. The van der Waals surface area contributed by atoms with Crippen LogP contribution in [0.1, 0.15) is 45.7 Å². The summed E-state index contributed by atoms with van der Waals surface area (Å²) < 4.78 is 14.0. The number of anilines is 1. The molecule has 2 atom stereocenters. The summed E-state index contributed by atoms with van der Waals surface area (Å²) in [7, 11) is 0. The van der Waals surface area contributed by atoms with Crippen molar-refractivity contribution in [2.75, 3.05) is 18.0 Å². The summed E-state index contributed by atoms with van der Waals surface area (Å²) in [6.45, 7) is 10.7. The van der Waals surface area contributed by atoms with E-state index in [2.05, 4.69) is 25.7 Å². The monoisotopic (exact) mass is 264 g/mol. The van der Waals surface area contributed by atoms with Gasteiger partial charge in [-0.1, -0.05) is 26.8 Å². The van der Waals surface area contributed by atoms with Gasteiger partial charge in [0.25, 0.3) is 0 Å². The summed E-state index contributed by atoms with van der Waals surface area (Å²) in [5.74, 6) is 0.461. The third-order valence-corrected chi connectivity index (χ3v) is 4.24. The summed E-state index contributed by atoms with van der Waals surface area (Å²) in [6, 6.07) is 5.00. The lowest BCUT2D eigenvalue weighted by Crippen LogP contribution is -2.27. The molecule has 1 unspecified atom stereocenters. The van der Waals surface area contributed by atoms with E-state index in [1.54, 1.807) is 6.07 Å². The van der Waals surface area contributed by atoms with Crippen LogP contribution in [0, 0.1) is 17.2 Å². The number of rotatable bonds is 2. The first-order valence-corrected chi connectivity index (χ1v) is 7.09. The predicted molar refractivity (Wildman–Crippen MR) is 78.8 cm³/mol. The molecule has 1 aromatic carbocycles. The molecule has 0 aliphatic carbocycles. The van der Waals surface area contributed by atoms with Crippen molar-refractivity contribution in [1.82, 2.24) is 0 Å². The van der Waals surface area contributed by atoms with Gasteiger partial charge in [-0.2, -0.15) is 0 Å². The van der Waals surface area contributed by atoms with E-state index in [0.29, 0.717) is 16.9 Å². The summed E-state index contributed by atoms with van der Waals surface area (Å²) in [5.41, 5.74) is 7.86. The van der Waals surface area contributed by atoms with Crippen LogP contribution in [-0.4, -0.2) is 13.1 Å². The third-order valence-electron chi connectivity index (χ3n) is 4.24. The van der Waals surface area contributed by atoms with Crippen LogP contribution in [0.2, 0.25) is 0 Å². The van der Waals surface area contributed by atoms with Crippen molar-refractivity contribution < 1.29 is 4.39 Å². The summed E-state index contributed by atoms with van der Waals surface area (Å²) in [5, 5.41) is 0. The molecule has 0 aromatic heterocycles. The number of hydrogen-bond acceptors (Lipinski definition) is 2. The lowest BCUT2D eigenvalue weighted by molar-refractivity contribution is 0.263. The van der Waals surface area contributed by atoms with Gasteiger partial charge in [-0.25, -0.2) is 4.39 Å². The minimum absolute atomic E-state index is 0.188. The van der Waals surface area contributed by atoms with Gasteiger partial charge in [0.15, 0.2) is 0 Å². The molecule has 0 bridgehead atoms. The first-order chi connectivity index (χ1) is 8.80. The molecule has 1 aliphatic heterocycles. The molecule has 3 heteroatoms. The highest BCUT2D eigenvalue weighted by Crippen LogP contribution is 2.38. The topological polar surface area (TPSA) is 29.3 Å². The summed E-state index contributed by atoms with van der Waals surface area (Å²) in [4.78, 5) is 2.29. The normalized spacial score (nSPS) is 21.8. The fourth-order valence-corrected chi connectivity index (χ4v) is 2.94. The van der Waals surface area contributed by atoms with Gasteiger partial charge in [-0.3, -0.25) is 0 Å². The molecule has 1 heterocycles. The molecule has 19 heavy (non-hydrogen) atoms. The Labute approximate surface area is 115 Å². The van der Waals surface area contributed by atoms with Gasteiger partial charge < -0.3 is 10.6 Å². The van der Waals surface area contributed by atoms with E-state index in [4.69, 9.17) is 5.73 Å². The number of nitrogens with two attached hydrogens (primary N) is 1. The van der Waals surface area contributed by atoms with Crippen molar-refractivity contribution in [2.24, 2.45) is 17.1 Å². The maximum absolute atomic E-state index is 14.0. The second-order valence-electron chi connectivity index (χ2n) is 6.76. The fraction of sp³-hybridized carbons (Fsp3) is 0.625. The van der Waals surface area contributed by atoms with Gasteiger partial charge in [0.1, 0.15) is 5.82 Å². The molecule has 106 valence electrons. The van der Waals surface area contributed by atoms with Gasteiger partial charge in [-0.15, -0.1) is 0 Å². The van der Waals surface area contributed by atoms with Crippen molar-refractivity contribution >= 4 is 5.69 Å². The van der Waals surface area contributed by atoms with E-state index in [9.17, 15) is 4.39 Å². The fourth-order valence-electron chi connectivity index (χ4n) is 2.94. The van der Waals surface area contributed by atoms with E-state index >= 15 is 0 Å². The Kier molecular flexibility index (Phi) is 3.86. The van der Waals surface area contributed by atoms with Crippen LogP contribution in [0.5, 0.6) is 0 Å². The zero-order valence-corrected chi connectivity index (χ0v) is 12.4. The molecule has 2 rings (SSSR count). The molecule has 2 N–H and O–H groups in total. The maximum Gasteiger partial charge on any atom is 0.130 e. The second-order valence-corrected chi connectivity index (χ2v) is 6.76. The van der Waals surface area contributed by atoms with Crippen LogP contribution in [0.25, 0.3) is 0 Å². The van der Waals surface area contributed by atoms with E-state index < -0.39 is 0 Å². The molecule has 1 aromatic rings.